The van der Waals surface area contributed by atoms with Crippen molar-refractivity contribution in [1.82, 2.24) is 14.5 Å². The summed E-state index contributed by atoms with van der Waals surface area (Å²) in [5.74, 6) is 0.515. The van der Waals surface area contributed by atoms with Gasteiger partial charge in [-0.3, -0.25) is 4.79 Å². The van der Waals surface area contributed by atoms with Gasteiger partial charge in [-0.05, 0) is 59.8 Å². The summed E-state index contributed by atoms with van der Waals surface area (Å²) in [5.41, 5.74) is 2.59. The van der Waals surface area contributed by atoms with E-state index >= 15 is 0 Å². The quantitative estimate of drug-likeness (QED) is 0.654. The van der Waals surface area contributed by atoms with E-state index in [9.17, 15) is 4.79 Å². The summed E-state index contributed by atoms with van der Waals surface area (Å²) in [7, 11) is 1.77. The molecule has 3 rings (SSSR count). The molecule has 112 valence electrons. The lowest BCUT2D eigenvalue weighted by Crippen LogP contribution is -2.08. The van der Waals surface area contributed by atoms with E-state index in [2.05, 4.69) is 37.9 Å². The summed E-state index contributed by atoms with van der Waals surface area (Å²) in [6.45, 7) is 1.92. The van der Waals surface area contributed by atoms with Gasteiger partial charge in [-0.15, -0.1) is 0 Å². The Morgan fingerprint density at radius 3 is 2.59 bits per heavy atom. The normalized spacial score (nSPS) is 10.7. The maximum atomic E-state index is 11.8. The number of hydrogen-bond acceptors (Lipinski definition) is 5. The van der Waals surface area contributed by atoms with Gasteiger partial charge in [0.1, 0.15) is 0 Å². The van der Waals surface area contributed by atoms with Gasteiger partial charge in [-0.25, -0.2) is 9.97 Å². The average molecular weight is 424 g/mol. The van der Waals surface area contributed by atoms with Crippen LogP contribution in [0.4, 0.5) is 11.6 Å². The smallest absolute Gasteiger partial charge is 0.307 e. The molecule has 0 aliphatic heterocycles. The molecule has 1 N–H and O–H groups in total. The lowest BCUT2D eigenvalue weighted by molar-refractivity contribution is 0.854. The Morgan fingerprint density at radius 2 is 1.95 bits per heavy atom. The van der Waals surface area contributed by atoms with Crippen molar-refractivity contribution in [2.75, 3.05) is 5.32 Å². The van der Waals surface area contributed by atoms with Crippen LogP contribution in [0.3, 0.4) is 0 Å². The monoisotopic (exact) mass is 424 g/mol. The van der Waals surface area contributed by atoms with Crippen LogP contribution in [-0.4, -0.2) is 14.5 Å². The van der Waals surface area contributed by atoms with Gasteiger partial charge in [0.25, 0.3) is 0 Å². The summed E-state index contributed by atoms with van der Waals surface area (Å²) in [4.78, 5) is 21.4. The zero-order valence-electron chi connectivity index (χ0n) is 12.0. The fourth-order valence-electron chi connectivity index (χ4n) is 1.96. The lowest BCUT2D eigenvalue weighted by Gasteiger charge is -2.06. The third kappa shape index (κ3) is 3.05. The maximum absolute atomic E-state index is 11.8. The molecule has 0 saturated heterocycles. The lowest BCUT2D eigenvalue weighted by atomic mass is 10.3. The predicted octanol–water partition coefficient (Wildman–Crippen LogP) is 3.56. The molecule has 22 heavy (non-hydrogen) atoms. The second-order valence-electron chi connectivity index (χ2n) is 4.74. The van der Waals surface area contributed by atoms with Gasteiger partial charge in [0, 0.05) is 28.2 Å². The van der Waals surface area contributed by atoms with Crippen molar-refractivity contribution in [2.24, 2.45) is 7.05 Å². The molecular weight excluding hydrogens is 411 g/mol. The van der Waals surface area contributed by atoms with E-state index in [1.165, 1.54) is 14.9 Å². The van der Waals surface area contributed by atoms with Crippen molar-refractivity contribution in [3.63, 3.8) is 0 Å². The van der Waals surface area contributed by atoms with Crippen LogP contribution in [0.5, 0.6) is 0 Å². The van der Waals surface area contributed by atoms with E-state index in [0.717, 1.165) is 22.0 Å². The van der Waals surface area contributed by atoms with Crippen LogP contribution in [0.25, 0.3) is 10.6 Å². The highest BCUT2D eigenvalue weighted by molar-refractivity contribution is 14.1. The molecule has 0 unspecified atom stereocenters. The van der Waals surface area contributed by atoms with Crippen LogP contribution in [0.1, 0.15) is 5.69 Å². The van der Waals surface area contributed by atoms with Gasteiger partial charge in [-0.2, -0.15) is 0 Å². The molecule has 0 spiro atoms. The number of benzene rings is 1. The van der Waals surface area contributed by atoms with Crippen LogP contribution in [0.15, 0.2) is 41.3 Å². The van der Waals surface area contributed by atoms with Crippen LogP contribution < -0.4 is 10.2 Å². The standard InChI is InChI=1S/C15H13IN4OS/c1-9-13(22-15(21)20(9)2)12-7-8-17-14(19-12)18-11-5-3-10(16)4-6-11/h3-8H,1-2H3,(H,17,18,19). The molecular formula is C15H13IN4OS. The highest BCUT2D eigenvalue weighted by Crippen LogP contribution is 2.25. The Bertz CT molecular complexity index is 870. The minimum Gasteiger partial charge on any atom is -0.324 e. The largest absolute Gasteiger partial charge is 0.324 e. The molecule has 3 aromatic rings. The molecule has 0 aliphatic rings. The third-order valence-corrected chi connectivity index (χ3v) is 5.16. The Balaban J connectivity index is 1.94. The topological polar surface area (TPSA) is 59.8 Å². The number of nitrogens with one attached hydrogen (secondary N) is 1. The Kier molecular flexibility index (Phi) is 4.25. The summed E-state index contributed by atoms with van der Waals surface area (Å²) in [6.07, 6.45) is 1.70. The molecule has 7 heteroatoms. The second kappa shape index (κ2) is 6.17. The minimum absolute atomic E-state index is 0.0123. The maximum Gasteiger partial charge on any atom is 0.307 e. The first-order valence-corrected chi connectivity index (χ1v) is 8.46. The first-order valence-electron chi connectivity index (χ1n) is 6.57. The summed E-state index contributed by atoms with van der Waals surface area (Å²) < 4.78 is 2.80. The van der Waals surface area contributed by atoms with Gasteiger partial charge in [0.2, 0.25) is 5.95 Å². The van der Waals surface area contributed by atoms with Crippen molar-refractivity contribution in [2.45, 2.75) is 6.92 Å². The van der Waals surface area contributed by atoms with Crippen LogP contribution >= 0.6 is 33.9 Å². The van der Waals surface area contributed by atoms with E-state index in [1.54, 1.807) is 17.8 Å². The summed E-state index contributed by atoms with van der Waals surface area (Å²) in [6, 6.07) is 9.80. The Hall–Kier alpha value is -1.74. The molecule has 5 nitrogen and oxygen atoms in total. The highest BCUT2D eigenvalue weighted by Gasteiger charge is 2.12. The van der Waals surface area contributed by atoms with Crippen molar-refractivity contribution in [3.8, 4) is 10.6 Å². The molecule has 0 amide bonds. The molecule has 0 atom stereocenters. The average Bonchev–Trinajstić information content (AvgIpc) is 2.78. The van der Waals surface area contributed by atoms with Gasteiger partial charge in [-0.1, -0.05) is 11.3 Å². The Morgan fingerprint density at radius 1 is 1.23 bits per heavy atom. The van der Waals surface area contributed by atoms with Crippen molar-refractivity contribution in [1.29, 1.82) is 0 Å². The van der Waals surface area contributed by atoms with Crippen molar-refractivity contribution >= 4 is 45.6 Å². The number of hydrogen-bond donors (Lipinski definition) is 1. The first-order chi connectivity index (χ1) is 10.5. The van der Waals surface area contributed by atoms with E-state index in [0.29, 0.717) is 5.95 Å². The molecule has 0 radical (unpaired) electrons. The van der Waals surface area contributed by atoms with Crippen molar-refractivity contribution in [3.05, 3.63) is 55.5 Å². The minimum atomic E-state index is 0.0123. The molecule has 2 heterocycles. The van der Waals surface area contributed by atoms with Gasteiger partial charge >= 0.3 is 4.87 Å². The van der Waals surface area contributed by atoms with E-state index in [4.69, 9.17) is 0 Å². The van der Waals surface area contributed by atoms with Crippen LogP contribution in [0, 0.1) is 10.5 Å². The predicted molar refractivity (Wildman–Crippen MR) is 97.8 cm³/mol. The summed E-state index contributed by atoms with van der Waals surface area (Å²) in [5, 5.41) is 3.18. The molecule has 2 aromatic heterocycles. The zero-order chi connectivity index (χ0) is 15.7. The van der Waals surface area contributed by atoms with E-state index in [1.807, 2.05) is 37.3 Å². The van der Waals surface area contributed by atoms with Crippen LogP contribution in [0.2, 0.25) is 0 Å². The summed E-state index contributed by atoms with van der Waals surface area (Å²) >= 11 is 3.46. The van der Waals surface area contributed by atoms with Crippen molar-refractivity contribution < 1.29 is 0 Å². The number of anilines is 2. The van der Waals surface area contributed by atoms with Gasteiger partial charge in [0.05, 0.1) is 10.6 Å². The third-order valence-electron chi connectivity index (χ3n) is 3.28. The van der Waals surface area contributed by atoms with Gasteiger partial charge < -0.3 is 9.88 Å². The number of nitrogens with zero attached hydrogens (tertiary/aromatic N) is 3. The fraction of sp³-hybridized carbons (Fsp3) is 0.133. The first kappa shape index (κ1) is 15.2. The molecule has 0 aliphatic carbocycles. The Labute approximate surface area is 145 Å². The molecule has 0 bridgehead atoms. The van der Waals surface area contributed by atoms with E-state index in [-0.39, 0.29) is 4.87 Å². The molecule has 1 aromatic carbocycles. The number of halogens is 1. The molecule has 0 fully saturated rings. The van der Waals surface area contributed by atoms with Gasteiger partial charge in [0.15, 0.2) is 0 Å². The molecule has 0 saturated carbocycles. The highest BCUT2D eigenvalue weighted by atomic mass is 127. The number of rotatable bonds is 3. The zero-order valence-corrected chi connectivity index (χ0v) is 15.0. The number of thiazole rings is 1. The number of aromatic nitrogens is 3. The second-order valence-corrected chi connectivity index (χ2v) is 6.95. The van der Waals surface area contributed by atoms with E-state index < -0.39 is 0 Å². The van der Waals surface area contributed by atoms with Crippen LogP contribution in [-0.2, 0) is 7.05 Å². The SMILES string of the molecule is Cc1c(-c2ccnc(Nc3ccc(I)cc3)n2)sc(=O)n1C. The fourth-order valence-corrected chi connectivity index (χ4v) is 3.28.